The lowest BCUT2D eigenvalue weighted by Crippen LogP contribution is -2.52. The van der Waals surface area contributed by atoms with Gasteiger partial charge in [-0.1, -0.05) is 13.3 Å². The Bertz CT molecular complexity index is 518. The quantitative estimate of drug-likeness (QED) is 0.793. The second-order valence-corrected chi connectivity index (χ2v) is 7.86. The standard InChI is InChI=1S/C13H24N4O2S2/c1-3-14-10-12-6-4-5-8-17(12)21(18,19)16-11(2)13-15-7-9-20-13/h7,9,11-12,14,16H,3-6,8,10H2,1-2H3. The van der Waals surface area contributed by atoms with E-state index in [1.54, 1.807) is 10.5 Å². The lowest BCUT2D eigenvalue weighted by molar-refractivity contribution is 0.242. The van der Waals surface area contributed by atoms with Crippen molar-refractivity contribution in [3.8, 4) is 0 Å². The van der Waals surface area contributed by atoms with E-state index in [0.29, 0.717) is 13.1 Å². The van der Waals surface area contributed by atoms with Crippen molar-refractivity contribution in [3.63, 3.8) is 0 Å². The zero-order valence-electron chi connectivity index (χ0n) is 12.6. The van der Waals surface area contributed by atoms with E-state index in [9.17, 15) is 8.42 Å². The molecule has 120 valence electrons. The highest BCUT2D eigenvalue weighted by Gasteiger charge is 2.33. The summed E-state index contributed by atoms with van der Waals surface area (Å²) in [5.74, 6) is 0. The molecule has 0 aliphatic carbocycles. The van der Waals surface area contributed by atoms with Crippen LogP contribution in [-0.4, -0.2) is 43.4 Å². The first-order valence-corrected chi connectivity index (χ1v) is 9.75. The molecule has 1 aliphatic rings. The number of nitrogens with one attached hydrogen (secondary N) is 2. The molecule has 0 spiro atoms. The largest absolute Gasteiger partial charge is 0.315 e. The average molecular weight is 332 g/mol. The second kappa shape index (κ2) is 7.64. The van der Waals surface area contributed by atoms with Gasteiger partial charge in [0.2, 0.25) is 0 Å². The molecular formula is C13H24N4O2S2. The fourth-order valence-corrected chi connectivity index (χ4v) is 4.95. The maximum absolute atomic E-state index is 12.6. The molecule has 2 unspecified atom stereocenters. The molecule has 0 bridgehead atoms. The van der Waals surface area contributed by atoms with Crippen molar-refractivity contribution in [3.05, 3.63) is 16.6 Å². The number of hydrogen-bond donors (Lipinski definition) is 2. The van der Waals surface area contributed by atoms with Crippen LogP contribution >= 0.6 is 11.3 Å². The van der Waals surface area contributed by atoms with E-state index in [2.05, 4.69) is 15.0 Å². The molecule has 21 heavy (non-hydrogen) atoms. The molecule has 1 fully saturated rings. The highest BCUT2D eigenvalue weighted by atomic mass is 32.2. The van der Waals surface area contributed by atoms with E-state index >= 15 is 0 Å². The van der Waals surface area contributed by atoms with Crippen LogP contribution in [0, 0.1) is 0 Å². The van der Waals surface area contributed by atoms with Crippen LogP contribution in [0.5, 0.6) is 0 Å². The highest BCUT2D eigenvalue weighted by molar-refractivity contribution is 7.87. The lowest BCUT2D eigenvalue weighted by Gasteiger charge is -2.35. The van der Waals surface area contributed by atoms with Crippen molar-refractivity contribution in [2.45, 2.75) is 45.2 Å². The first kappa shape index (κ1) is 16.8. The van der Waals surface area contributed by atoms with Crippen LogP contribution in [0.4, 0.5) is 0 Å². The molecule has 2 N–H and O–H groups in total. The Labute approximate surface area is 131 Å². The van der Waals surface area contributed by atoms with E-state index in [-0.39, 0.29) is 12.1 Å². The van der Waals surface area contributed by atoms with Crippen LogP contribution in [0.1, 0.15) is 44.2 Å². The number of piperidine rings is 1. The third-order valence-corrected chi connectivity index (χ3v) is 6.37. The lowest BCUT2D eigenvalue weighted by atomic mass is 10.1. The Balaban J connectivity index is 2.05. The number of hydrogen-bond acceptors (Lipinski definition) is 5. The van der Waals surface area contributed by atoms with Gasteiger partial charge in [-0.2, -0.15) is 17.4 Å². The molecule has 0 amide bonds. The summed E-state index contributed by atoms with van der Waals surface area (Å²) in [5.41, 5.74) is 0. The molecule has 8 heteroatoms. The molecule has 2 rings (SSSR count). The first-order valence-electron chi connectivity index (χ1n) is 7.43. The summed E-state index contributed by atoms with van der Waals surface area (Å²) in [6.45, 7) is 6.02. The molecule has 1 aromatic heterocycles. The maximum atomic E-state index is 12.6. The molecule has 0 saturated carbocycles. The zero-order valence-corrected chi connectivity index (χ0v) is 14.2. The SMILES string of the molecule is CCNCC1CCCCN1S(=O)(=O)NC(C)c1nccs1. The summed E-state index contributed by atoms with van der Waals surface area (Å²) in [6.07, 6.45) is 4.62. The Morgan fingerprint density at radius 1 is 1.52 bits per heavy atom. The number of nitrogens with zero attached hydrogens (tertiary/aromatic N) is 2. The number of aromatic nitrogens is 1. The van der Waals surface area contributed by atoms with E-state index in [1.165, 1.54) is 11.3 Å². The summed E-state index contributed by atoms with van der Waals surface area (Å²) < 4.78 is 29.6. The van der Waals surface area contributed by atoms with Crippen LogP contribution in [-0.2, 0) is 10.2 Å². The number of likely N-dealkylation sites (N-methyl/N-ethyl adjacent to an activating group) is 1. The summed E-state index contributed by atoms with van der Waals surface area (Å²) in [7, 11) is -3.48. The smallest absolute Gasteiger partial charge is 0.280 e. The summed E-state index contributed by atoms with van der Waals surface area (Å²) in [6, 6.07) is -0.253. The number of rotatable bonds is 7. The highest BCUT2D eigenvalue weighted by Crippen LogP contribution is 2.22. The van der Waals surface area contributed by atoms with Gasteiger partial charge in [0.15, 0.2) is 0 Å². The Hall–Kier alpha value is -0.540. The van der Waals surface area contributed by atoms with Gasteiger partial charge in [0, 0.05) is 30.7 Å². The Kier molecular flexibility index (Phi) is 6.12. The summed E-state index contributed by atoms with van der Waals surface area (Å²) in [5, 5.41) is 5.90. The minimum absolute atomic E-state index is 0.0414. The van der Waals surface area contributed by atoms with Crippen LogP contribution in [0.15, 0.2) is 11.6 Å². The Morgan fingerprint density at radius 3 is 3.00 bits per heavy atom. The van der Waals surface area contributed by atoms with E-state index in [1.807, 2.05) is 19.2 Å². The normalized spacial score (nSPS) is 22.3. The zero-order chi connectivity index (χ0) is 15.3. The average Bonchev–Trinajstić information content (AvgIpc) is 2.99. The van der Waals surface area contributed by atoms with Gasteiger partial charge in [0.25, 0.3) is 10.2 Å². The predicted molar refractivity (Wildman–Crippen MR) is 85.5 cm³/mol. The minimum Gasteiger partial charge on any atom is -0.315 e. The molecule has 0 radical (unpaired) electrons. The molecule has 1 aliphatic heterocycles. The third-order valence-electron chi connectivity index (χ3n) is 3.66. The van der Waals surface area contributed by atoms with Crippen molar-refractivity contribution in [2.24, 2.45) is 0 Å². The first-order chi connectivity index (χ1) is 10.0. The summed E-state index contributed by atoms with van der Waals surface area (Å²) in [4.78, 5) is 4.17. The predicted octanol–water partition coefficient (Wildman–Crippen LogP) is 1.50. The van der Waals surface area contributed by atoms with Gasteiger partial charge in [0.05, 0.1) is 6.04 Å². The van der Waals surface area contributed by atoms with Crippen molar-refractivity contribution in [1.82, 2.24) is 19.3 Å². The molecule has 2 heterocycles. The van der Waals surface area contributed by atoms with Gasteiger partial charge >= 0.3 is 0 Å². The summed E-state index contributed by atoms with van der Waals surface area (Å²) >= 11 is 1.46. The van der Waals surface area contributed by atoms with E-state index in [4.69, 9.17) is 0 Å². The van der Waals surface area contributed by atoms with Crippen molar-refractivity contribution in [1.29, 1.82) is 0 Å². The van der Waals surface area contributed by atoms with Crippen LogP contribution in [0.2, 0.25) is 0 Å². The van der Waals surface area contributed by atoms with Gasteiger partial charge in [-0.3, -0.25) is 0 Å². The van der Waals surface area contributed by atoms with Crippen molar-refractivity contribution >= 4 is 21.5 Å². The van der Waals surface area contributed by atoms with Gasteiger partial charge < -0.3 is 5.32 Å². The molecule has 1 aromatic rings. The molecule has 2 atom stereocenters. The van der Waals surface area contributed by atoms with Gasteiger partial charge in [-0.25, -0.2) is 4.98 Å². The van der Waals surface area contributed by atoms with Crippen molar-refractivity contribution < 1.29 is 8.42 Å². The molecular weight excluding hydrogens is 308 g/mol. The Morgan fingerprint density at radius 2 is 2.33 bits per heavy atom. The fraction of sp³-hybridized carbons (Fsp3) is 0.769. The molecule has 0 aromatic carbocycles. The fourth-order valence-electron chi connectivity index (χ4n) is 2.60. The topological polar surface area (TPSA) is 74.3 Å². The van der Waals surface area contributed by atoms with Gasteiger partial charge in [-0.15, -0.1) is 11.3 Å². The van der Waals surface area contributed by atoms with Crippen LogP contribution < -0.4 is 10.0 Å². The molecule has 1 saturated heterocycles. The monoisotopic (exact) mass is 332 g/mol. The van der Waals surface area contributed by atoms with Gasteiger partial charge in [-0.05, 0) is 26.3 Å². The third kappa shape index (κ3) is 4.46. The minimum atomic E-state index is -3.48. The van der Waals surface area contributed by atoms with E-state index in [0.717, 1.165) is 30.8 Å². The van der Waals surface area contributed by atoms with Gasteiger partial charge in [0.1, 0.15) is 5.01 Å². The van der Waals surface area contributed by atoms with Crippen molar-refractivity contribution in [2.75, 3.05) is 19.6 Å². The van der Waals surface area contributed by atoms with E-state index < -0.39 is 10.2 Å². The maximum Gasteiger partial charge on any atom is 0.280 e. The number of thiazole rings is 1. The van der Waals surface area contributed by atoms with Crippen LogP contribution in [0.25, 0.3) is 0 Å². The second-order valence-electron chi connectivity index (χ2n) is 5.28. The molecule has 6 nitrogen and oxygen atoms in total. The van der Waals surface area contributed by atoms with Crippen LogP contribution in [0.3, 0.4) is 0 Å².